The van der Waals surface area contributed by atoms with Crippen molar-refractivity contribution in [2.24, 2.45) is 0 Å². The molecule has 2 heterocycles. The minimum absolute atomic E-state index is 0.0649. The maximum atomic E-state index is 13.5. The molecule has 0 saturated carbocycles. The zero-order chi connectivity index (χ0) is 22.9. The van der Waals surface area contributed by atoms with Crippen LogP contribution in [0.15, 0.2) is 66.7 Å². The SMILES string of the molecule is O=C(c1cccc(-c2ccccc2)c1Cl)N1CCN2C[C@@H](c3ccc(F)c(Cl)c3)OC[C@@H]2C1. The summed E-state index contributed by atoms with van der Waals surface area (Å²) in [6, 6.07) is 20.2. The molecular weight excluding hydrogens is 462 g/mol. The Balaban J connectivity index is 1.28. The minimum atomic E-state index is -0.434. The van der Waals surface area contributed by atoms with Gasteiger partial charge in [-0.05, 0) is 29.3 Å². The molecule has 2 fully saturated rings. The van der Waals surface area contributed by atoms with Crippen molar-refractivity contribution in [2.75, 3.05) is 32.8 Å². The lowest BCUT2D eigenvalue weighted by atomic mass is 10.0. The molecule has 2 aliphatic rings. The molecular formula is C26H23Cl2FN2O2. The average molecular weight is 485 g/mol. The van der Waals surface area contributed by atoms with Gasteiger partial charge >= 0.3 is 0 Å². The Labute approximate surface area is 202 Å². The number of nitrogens with zero attached hydrogens (tertiary/aromatic N) is 2. The molecule has 3 aromatic rings. The number of piperazine rings is 1. The quantitative estimate of drug-likeness (QED) is 0.478. The zero-order valence-electron chi connectivity index (χ0n) is 17.9. The van der Waals surface area contributed by atoms with Crippen molar-refractivity contribution in [3.8, 4) is 11.1 Å². The van der Waals surface area contributed by atoms with Crippen molar-refractivity contribution in [1.29, 1.82) is 0 Å². The van der Waals surface area contributed by atoms with E-state index in [2.05, 4.69) is 4.90 Å². The lowest BCUT2D eigenvalue weighted by molar-refractivity contribution is -0.0858. The summed E-state index contributed by atoms with van der Waals surface area (Å²) < 4.78 is 19.6. The first-order valence-electron chi connectivity index (χ1n) is 10.9. The fourth-order valence-electron chi connectivity index (χ4n) is 4.59. The van der Waals surface area contributed by atoms with Crippen LogP contribution in [0, 0.1) is 5.82 Å². The van der Waals surface area contributed by atoms with Gasteiger partial charge in [-0.15, -0.1) is 0 Å². The Morgan fingerprint density at radius 3 is 2.58 bits per heavy atom. The molecule has 5 rings (SSSR count). The van der Waals surface area contributed by atoms with Gasteiger partial charge in [0, 0.05) is 31.7 Å². The van der Waals surface area contributed by atoms with E-state index in [0.29, 0.717) is 36.8 Å². The summed E-state index contributed by atoms with van der Waals surface area (Å²) in [4.78, 5) is 17.6. The van der Waals surface area contributed by atoms with Gasteiger partial charge in [0.05, 0.1) is 34.4 Å². The second-order valence-electron chi connectivity index (χ2n) is 8.43. The summed E-state index contributed by atoms with van der Waals surface area (Å²) in [6.07, 6.45) is -0.168. The Morgan fingerprint density at radius 1 is 0.970 bits per heavy atom. The lowest BCUT2D eigenvalue weighted by Gasteiger charge is -2.46. The van der Waals surface area contributed by atoms with Crippen LogP contribution in [0.3, 0.4) is 0 Å². The van der Waals surface area contributed by atoms with Crippen molar-refractivity contribution >= 4 is 29.1 Å². The van der Waals surface area contributed by atoms with Crippen LogP contribution in [0.1, 0.15) is 22.0 Å². The van der Waals surface area contributed by atoms with Crippen LogP contribution in [0.25, 0.3) is 11.1 Å². The standard InChI is InChI=1S/C26H23Cl2FN2O2/c27-22-13-18(9-10-23(22)29)24-15-30-11-12-31(14-19(30)16-33-24)26(32)21-8-4-7-20(25(21)28)17-5-2-1-3-6-17/h1-10,13,19,24H,11-12,14-16H2/t19-,24-/m0/s1. The maximum absolute atomic E-state index is 13.5. The summed E-state index contributed by atoms with van der Waals surface area (Å²) in [6.45, 7) is 3.08. The number of amides is 1. The second-order valence-corrected chi connectivity index (χ2v) is 9.21. The topological polar surface area (TPSA) is 32.8 Å². The van der Waals surface area contributed by atoms with E-state index in [0.717, 1.165) is 23.2 Å². The fourth-order valence-corrected chi connectivity index (χ4v) is 5.10. The summed E-state index contributed by atoms with van der Waals surface area (Å²) in [5, 5.41) is 0.576. The first-order valence-corrected chi connectivity index (χ1v) is 11.7. The zero-order valence-corrected chi connectivity index (χ0v) is 19.4. The first-order chi connectivity index (χ1) is 16.0. The highest BCUT2D eigenvalue weighted by atomic mass is 35.5. The molecule has 0 spiro atoms. The average Bonchev–Trinajstić information content (AvgIpc) is 2.85. The van der Waals surface area contributed by atoms with E-state index in [4.69, 9.17) is 27.9 Å². The maximum Gasteiger partial charge on any atom is 0.255 e. The predicted molar refractivity (Wildman–Crippen MR) is 128 cm³/mol. The van der Waals surface area contributed by atoms with Gasteiger partial charge in [-0.3, -0.25) is 9.69 Å². The molecule has 0 aromatic heterocycles. The van der Waals surface area contributed by atoms with Crippen molar-refractivity contribution in [2.45, 2.75) is 12.1 Å². The van der Waals surface area contributed by atoms with Gasteiger partial charge in [-0.25, -0.2) is 4.39 Å². The summed E-state index contributed by atoms with van der Waals surface area (Å²) in [5.74, 6) is -0.499. The summed E-state index contributed by atoms with van der Waals surface area (Å²) in [5.41, 5.74) is 3.21. The molecule has 0 bridgehead atoms. The first kappa shape index (κ1) is 22.4. The molecule has 0 unspecified atom stereocenters. The second kappa shape index (κ2) is 9.43. The van der Waals surface area contributed by atoms with E-state index < -0.39 is 5.82 Å². The van der Waals surface area contributed by atoms with Gasteiger partial charge < -0.3 is 9.64 Å². The van der Waals surface area contributed by atoms with Crippen molar-refractivity contribution in [3.63, 3.8) is 0 Å². The van der Waals surface area contributed by atoms with Crippen LogP contribution in [-0.2, 0) is 4.74 Å². The van der Waals surface area contributed by atoms with Gasteiger partial charge in [-0.2, -0.15) is 0 Å². The van der Waals surface area contributed by atoms with Crippen LogP contribution in [-0.4, -0.2) is 54.5 Å². The Kier molecular flexibility index (Phi) is 6.39. The van der Waals surface area contributed by atoms with Gasteiger partial charge in [0.15, 0.2) is 0 Å². The largest absolute Gasteiger partial charge is 0.370 e. The van der Waals surface area contributed by atoms with E-state index in [1.165, 1.54) is 6.07 Å². The number of halogens is 3. The lowest BCUT2D eigenvalue weighted by Crippen LogP contribution is -2.59. The van der Waals surface area contributed by atoms with E-state index >= 15 is 0 Å². The Hall–Kier alpha value is -2.44. The fraction of sp³-hybridized carbons (Fsp3) is 0.269. The molecule has 33 heavy (non-hydrogen) atoms. The van der Waals surface area contributed by atoms with Crippen LogP contribution in [0.5, 0.6) is 0 Å². The third-order valence-corrected chi connectivity index (χ3v) is 7.11. The molecule has 4 nitrogen and oxygen atoms in total. The normalized spacial score (nSPS) is 21.0. The molecule has 2 aliphatic heterocycles. The number of hydrogen-bond donors (Lipinski definition) is 0. The third kappa shape index (κ3) is 4.51. The van der Waals surface area contributed by atoms with Gasteiger partial charge in [0.2, 0.25) is 0 Å². The number of fused-ring (bicyclic) bond motifs is 1. The number of rotatable bonds is 3. The molecule has 2 atom stereocenters. The van der Waals surface area contributed by atoms with Crippen molar-refractivity contribution in [3.05, 3.63) is 93.7 Å². The molecule has 7 heteroatoms. The van der Waals surface area contributed by atoms with Crippen molar-refractivity contribution in [1.82, 2.24) is 9.80 Å². The summed E-state index contributed by atoms with van der Waals surface area (Å²) >= 11 is 12.6. The smallest absolute Gasteiger partial charge is 0.255 e. The third-order valence-electron chi connectivity index (χ3n) is 6.41. The number of carbonyl (C=O) groups is 1. The number of ether oxygens (including phenoxy) is 1. The van der Waals surface area contributed by atoms with Crippen LogP contribution >= 0.6 is 23.2 Å². The van der Waals surface area contributed by atoms with E-state index in [-0.39, 0.29) is 23.1 Å². The van der Waals surface area contributed by atoms with Crippen molar-refractivity contribution < 1.29 is 13.9 Å². The predicted octanol–water partition coefficient (Wildman–Crippen LogP) is 5.70. The number of benzene rings is 3. The number of morpholine rings is 1. The molecule has 2 saturated heterocycles. The van der Waals surface area contributed by atoms with E-state index in [1.807, 2.05) is 47.4 Å². The molecule has 0 radical (unpaired) electrons. The highest BCUT2D eigenvalue weighted by Crippen LogP contribution is 2.33. The monoisotopic (exact) mass is 484 g/mol. The molecule has 0 N–H and O–H groups in total. The molecule has 0 aliphatic carbocycles. The van der Waals surface area contributed by atoms with Crippen LogP contribution in [0.2, 0.25) is 10.0 Å². The Morgan fingerprint density at radius 2 is 1.79 bits per heavy atom. The molecule has 3 aromatic carbocycles. The highest BCUT2D eigenvalue weighted by Gasteiger charge is 2.36. The number of hydrogen-bond acceptors (Lipinski definition) is 3. The van der Waals surface area contributed by atoms with Gasteiger partial charge in [-0.1, -0.05) is 71.7 Å². The summed E-state index contributed by atoms with van der Waals surface area (Å²) in [7, 11) is 0. The van der Waals surface area contributed by atoms with Crippen LogP contribution < -0.4 is 0 Å². The van der Waals surface area contributed by atoms with Gasteiger partial charge in [0.25, 0.3) is 5.91 Å². The number of carbonyl (C=O) groups excluding carboxylic acids is 1. The van der Waals surface area contributed by atoms with E-state index in [9.17, 15) is 9.18 Å². The van der Waals surface area contributed by atoms with Gasteiger partial charge in [0.1, 0.15) is 5.82 Å². The minimum Gasteiger partial charge on any atom is -0.370 e. The Bertz CT molecular complexity index is 1170. The van der Waals surface area contributed by atoms with Crippen LogP contribution in [0.4, 0.5) is 4.39 Å². The molecule has 170 valence electrons. The molecule has 1 amide bonds. The highest BCUT2D eigenvalue weighted by molar-refractivity contribution is 6.36. The van der Waals surface area contributed by atoms with E-state index in [1.54, 1.807) is 18.2 Å².